The number of carbonyl (C=O) groups excluding carboxylic acids is 1. The van der Waals surface area contributed by atoms with Crippen molar-refractivity contribution in [3.8, 4) is 0 Å². The van der Waals surface area contributed by atoms with Crippen LogP contribution in [0.1, 0.15) is 32.1 Å². The smallest absolute Gasteiger partial charge is 0.317 e. The van der Waals surface area contributed by atoms with E-state index in [9.17, 15) is 13.2 Å². The molecule has 1 heterocycles. The Morgan fingerprint density at radius 2 is 1.68 bits per heavy atom. The van der Waals surface area contributed by atoms with Gasteiger partial charge in [-0.25, -0.2) is 17.5 Å². The fourth-order valence-electron chi connectivity index (χ4n) is 3.07. The summed E-state index contributed by atoms with van der Waals surface area (Å²) in [5.41, 5.74) is 0. The lowest BCUT2D eigenvalue weighted by Gasteiger charge is -2.24. The number of hydrogen-bond donors (Lipinski definition) is 1. The molecule has 3 rings (SSSR count). The number of carbonyl (C=O) groups is 1. The number of urea groups is 1. The Kier molecular flexibility index (Phi) is 4.64. The van der Waals surface area contributed by atoms with E-state index in [1.807, 2.05) is 4.90 Å². The van der Waals surface area contributed by atoms with Crippen molar-refractivity contribution < 1.29 is 13.2 Å². The number of nitrogens with one attached hydrogen (secondary N) is 1. The van der Waals surface area contributed by atoms with Gasteiger partial charge in [0, 0.05) is 32.7 Å². The van der Waals surface area contributed by atoms with E-state index in [0.29, 0.717) is 31.5 Å². The largest absolute Gasteiger partial charge is 0.338 e. The van der Waals surface area contributed by atoms with Gasteiger partial charge in [-0.2, -0.15) is 0 Å². The van der Waals surface area contributed by atoms with Gasteiger partial charge in [0.2, 0.25) is 10.0 Å². The maximum atomic E-state index is 12.4. The highest BCUT2D eigenvalue weighted by Gasteiger charge is 2.32. The second kappa shape index (κ2) is 6.35. The first-order chi connectivity index (χ1) is 10.4. The van der Waals surface area contributed by atoms with Gasteiger partial charge >= 0.3 is 6.03 Å². The fraction of sp³-hybridized carbons (Fsp3) is 0.933. The summed E-state index contributed by atoms with van der Waals surface area (Å²) in [5.74, 6) is 1.65. The van der Waals surface area contributed by atoms with Gasteiger partial charge < -0.3 is 10.2 Å². The lowest BCUT2D eigenvalue weighted by Crippen LogP contribution is -2.44. The van der Waals surface area contributed by atoms with Crippen LogP contribution in [0, 0.1) is 17.8 Å². The molecule has 2 aliphatic carbocycles. The molecule has 0 aromatic carbocycles. The SMILES string of the molecule is CS(=O)(=O)N1CCC(CNC(=O)N(CC2CC2)CC2CC2)C1. The second-order valence-electron chi connectivity index (χ2n) is 7.25. The molecule has 1 unspecified atom stereocenters. The van der Waals surface area contributed by atoms with E-state index in [1.165, 1.54) is 36.2 Å². The third-order valence-electron chi connectivity index (χ3n) is 4.90. The highest BCUT2D eigenvalue weighted by atomic mass is 32.2. The molecule has 1 aliphatic heterocycles. The summed E-state index contributed by atoms with van der Waals surface area (Å²) < 4.78 is 24.5. The summed E-state index contributed by atoms with van der Waals surface area (Å²) in [7, 11) is -3.10. The van der Waals surface area contributed by atoms with Crippen molar-refractivity contribution in [2.75, 3.05) is 39.0 Å². The van der Waals surface area contributed by atoms with Crippen LogP contribution in [0.25, 0.3) is 0 Å². The summed E-state index contributed by atoms with van der Waals surface area (Å²) >= 11 is 0. The fourth-order valence-corrected chi connectivity index (χ4v) is 3.99. The van der Waals surface area contributed by atoms with Crippen LogP contribution in [-0.4, -0.2) is 62.6 Å². The van der Waals surface area contributed by atoms with E-state index in [1.54, 1.807) is 0 Å². The summed E-state index contributed by atoms with van der Waals surface area (Å²) in [6, 6.07) is 0.0385. The van der Waals surface area contributed by atoms with Crippen molar-refractivity contribution in [1.82, 2.24) is 14.5 Å². The molecule has 2 saturated carbocycles. The molecule has 3 aliphatic rings. The number of amides is 2. The minimum absolute atomic E-state index is 0.0385. The zero-order valence-corrected chi connectivity index (χ0v) is 14.1. The maximum absolute atomic E-state index is 12.4. The van der Waals surface area contributed by atoms with Crippen molar-refractivity contribution in [2.45, 2.75) is 32.1 Å². The molecular weight excluding hydrogens is 302 g/mol. The van der Waals surface area contributed by atoms with Crippen LogP contribution in [-0.2, 0) is 10.0 Å². The first-order valence-corrected chi connectivity index (χ1v) is 10.2. The van der Waals surface area contributed by atoms with Gasteiger partial charge in [0.05, 0.1) is 6.26 Å². The third kappa shape index (κ3) is 4.59. The van der Waals surface area contributed by atoms with Crippen molar-refractivity contribution in [3.05, 3.63) is 0 Å². The van der Waals surface area contributed by atoms with Crippen molar-refractivity contribution in [3.63, 3.8) is 0 Å². The van der Waals surface area contributed by atoms with E-state index in [2.05, 4.69) is 5.32 Å². The topological polar surface area (TPSA) is 69.7 Å². The Balaban J connectivity index is 1.44. The molecule has 3 fully saturated rings. The number of hydrogen-bond acceptors (Lipinski definition) is 3. The molecule has 1 N–H and O–H groups in total. The Hall–Kier alpha value is -0.820. The minimum atomic E-state index is -3.10. The molecule has 1 atom stereocenters. The van der Waals surface area contributed by atoms with E-state index in [4.69, 9.17) is 0 Å². The predicted molar refractivity (Wildman–Crippen MR) is 84.9 cm³/mol. The van der Waals surface area contributed by atoms with Gasteiger partial charge in [0.15, 0.2) is 0 Å². The van der Waals surface area contributed by atoms with E-state index >= 15 is 0 Å². The van der Waals surface area contributed by atoms with Crippen LogP contribution in [0.3, 0.4) is 0 Å². The first-order valence-electron chi connectivity index (χ1n) is 8.39. The van der Waals surface area contributed by atoms with E-state index < -0.39 is 10.0 Å². The van der Waals surface area contributed by atoms with Crippen LogP contribution < -0.4 is 5.32 Å². The maximum Gasteiger partial charge on any atom is 0.317 e. The number of nitrogens with zero attached hydrogens (tertiary/aromatic N) is 2. The monoisotopic (exact) mass is 329 g/mol. The second-order valence-corrected chi connectivity index (χ2v) is 9.24. The highest BCUT2D eigenvalue weighted by Crippen LogP contribution is 2.33. The number of sulfonamides is 1. The number of rotatable bonds is 7. The standard InChI is InChI=1S/C15H27N3O3S/c1-22(20,21)18-7-6-14(11-18)8-16-15(19)17(9-12-2-3-12)10-13-4-5-13/h12-14H,2-11H2,1H3,(H,16,19). The van der Waals surface area contributed by atoms with Crippen LogP contribution in [0.2, 0.25) is 0 Å². The third-order valence-corrected chi connectivity index (χ3v) is 6.17. The van der Waals surface area contributed by atoms with Crippen molar-refractivity contribution in [2.24, 2.45) is 17.8 Å². The zero-order valence-electron chi connectivity index (χ0n) is 13.3. The Labute approximate surface area is 133 Å². The van der Waals surface area contributed by atoms with Crippen LogP contribution in [0.4, 0.5) is 4.79 Å². The Bertz CT molecular complexity index is 500. The van der Waals surface area contributed by atoms with E-state index in [0.717, 1.165) is 19.5 Å². The summed E-state index contributed by atoms with van der Waals surface area (Å²) in [6.45, 7) is 3.47. The van der Waals surface area contributed by atoms with Gasteiger partial charge in [-0.15, -0.1) is 0 Å². The Morgan fingerprint density at radius 3 is 2.14 bits per heavy atom. The molecule has 0 aromatic rings. The minimum Gasteiger partial charge on any atom is -0.338 e. The molecule has 1 saturated heterocycles. The summed E-state index contributed by atoms with van der Waals surface area (Å²) in [6.07, 6.45) is 7.08. The first kappa shape index (κ1) is 16.1. The molecule has 6 nitrogen and oxygen atoms in total. The molecule has 0 spiro atoms. The van der Waals surface area contributed by atoms with Crippen molar-refractivity contribution in [1.29, 1.82) is 0 Å². The average molecular weight is 329 g/mol. The molecular formula is C15H27N3O3S. The van der Waals surface area contributed by atoms with Crippen LogP contribution in [0.15, 0.2) is 0 Å². The normalized spacial score (nSPS) is 26.1. The average Bonchev–Trinajstić information content (AvgIpc) is 3.36. The molecule has 0 radical (unpaired) electrons. The quantitative estimate of drug-likeness (QED) is 0.760. The summed E-state index contributed by atoms with van der Waals surface area (Å²) in [4.78, 5) is 14.4. The van der Waals surface area contributed by atoms with Gasteiger partial charge in [-0.05, 0) is 49.9 Å². The van der Waals surface area contributed by atoms with Crippen molar-refractivity contribution >= 4 is 16.1 Å². The van der Waals surface area contributed by atoms with Crippen LogP contribution in [0.5, 0.6) is 0 Å². The highest BCUT2D eigenvalue weighted by molar-refractivity contribution is 7.88. The molecule has 22 heavy (non-hydrogen) atoms. The van der Waals surface area contributed by atoms with Gasteiger partial charge in [0.1, 0.15) is 0 Å². The molecule has 7 heteroatoms. The molecule has 0 bridgehead atoms. The van der Waals surface area contributed by atoms with Gasteiger partial charge in [0.25, 0.3) is 0 Å². The zero-order chi connectivity index (χ0) is 15.7. The predicted octanol–water partition coefficient (Wildman–Crippen LogP) is 1.10. The van der Waals surface area contributed by atoms with E-state index in [-0.39, 0.29) is 11.9 Å². The summed E-state index contributed by atoms with van der Waals surface area (Å²) in [5, 5.41) is 3.03. The molecule has 2 amide bonds. The molecule has 0 aromatic heterocycles. The Morgan fingerprint density at radius 1 is 1.09 bits per heavy atom. The van der Waals surface area contributed by atoms with Crippen LogP contribution >= 0.6 is 0 Å². The van der Waals surface area contributed by atoms with Gasteiger partial charge in [-0.1, -0.05) is 0 Å². The van der Waals surface area contributed by atoms with Gasteiger partial charge in [-0.3, -0.25) is 0 Å². The molecule has 126 valence electrons. The lowest BCUT2D eigenvalue weighted by molar-refractivity contribution is 0.191. The lowest BCUT2D eigenvalue weighted by atomic mass is 10.1.